The second-order valence-electron chi connectivity index (χ2n) is 1.42. The molecule has 0 aromatic heterocycles. The van der Waals surface area contributed by atoms with Crippen LogP contribution in [0.1, 0.15) is 6.42 Å². The molecule has 1 radical (unpaired) electrons. The minimum atomic E-state index is -0.685. The molecule has 0 aliphatic heterocycles. The predicted molar refractivity (Wildman–Crippen MR) is 20.0 cm³/mol. The van der Waals surface area contributed by atoms with Crippen molar-refractivity contribution in [1.82, 2.24) is 0 Å². The summed E-state index contributed by atoms with van der Waals surface area (Å²) in [5.74, 6) is -0.792. The normalized spacial score (nSPS) is 20.7. The number of carbonyl (C=O) groups is 1. The average molecular weight is 85.1 g/mol. The van der Waals surface area contributed by atoms with Gasteiger partial charge in [0.15, 0.2) is 0 Å². The van der Waals surface area contributed by atoms with Crippen LogP contribution in [-0.4, -0.2) is 11.1 Å². The third-order valence-electron chi connectivity index (χ3n) is 0.789. The Hall–Kier alpha value is -0.530. The number of hydrogen-bond acceptors (Lipinski definition) is 1. The monoisotopic (exact) mass is 85.0 g/mol. The largest absolute Gasteiger partial charge is 0.481 e. The van der Waals surface area contributed by atoms with Gasteiger partial charge in [-0.25, -0.2) is 0 Å². The van der Waals surface area contributed by atoms with Gasteiger partial charge in [-0.2, -0.15) is 0 Å². The average Bonchev–Trinajstić information content (AvgIpc) is 2.06. The molecule has 0 aromatic carbocycles. The second kappa shape index (κ2) is 0.965. The van der Waals surface area contributed by atoms with Gasteiger partial charge in [0.25, 0.3) is 0 Å². The Morgan fingerprint density at radius 3 is 2.50 bits per heavy atom. The van der Waals surface area contributed by atoms with Crippen LogP contribution in [-0.2, 0) is 4.79 Å². The van der Waals surface area contributed by atoms with E-state index in [0.29, 0.717) is 0 Å². The van der Waals surface area contributed by atoms with Crippen LogP contribution < -0.4 is 0 Å². The Morgan fingerprint density at radius 1 is 2.00 bits per heavy atom. The van der Waals surface area contributed by atoms with Crippen molar-refractivity contribution in [2.24, 2.45) is 5.92 Å². The first-order chi connectivity index (χ1) is 2.80. The number of carboxylic acids is 1. The fourth-order valence-corrected chi connectivity index (χ4v) is 0.270. The lowest BCUT2D eigenvalue weighted by molar-refractivity contribution is -0.138. The van der Waals surface area contributed by atoms with Crippen LogP contribution in [0.2, 0.25) is 0 Å². The maximum atomic E-state index is 9.73. The second-order valence-corrected chi connectivity index (χ2v) is 1.42. The molecule has 1 N–H and O–H groups in total. The Kier molecular flexibility index (Phi) is 0.587. The summed E-state index contributed by atoms with van der Waals surface area (Å²) >= 11 is 0. The lowest BCUT2D eigenvalue weighted by atomic mass is 10.5. The van der Waals surface area contributed by atoms with E-state index in [1.54, 1.807) is 6.42 Å². The maximum Gasteiger partial charge on any atom is 0.306 e. The minimum Gasteiger partial charge on any atom is -0.481 e. The summed E-state index contributed by atoms with van der Waals surface area (Å²) in [5, 5.41) is 8.02. The van der Waals surface area contributed by atoms with Crippen LogP contribution in [0.15, 0.2) is 0 Å². The molecule has 1 fully saturated rings. The molecule has 0 amide bonds. The van der Waals surface area contributed by atoms with Crippen LogP contribution in [0.25, 0.3) is 0 Å². The quantitative estimate of drug-likeness (QED) is 0.497. The first-order valence-electron chi connectivity index (χ1n) is 1.87. The Morgan fingerprint density at radius 2 is 2.50 bits per heavy atom. The van der Waals surface area contributed by atoms with Crippen molar-refractivity contribution >= 4 is 5.97 Å². The first-order valence-corrected chi connectivity index (χ1v) is 1.87. The number of hydrogen-bond donors (Lipinski definition) is 1. The molecule has 0 aromatic rings. The third kappa shape index (κ3) is 0.506. The zero-order chi connectivity index (χ0) is 4.57. The van der Waals surface area contributed by atoms with Gasteiger partial charge in [0.1, 0.15) is 0 Å². The van der Waals surface area contributed by atoms with E-state index in [-0.39, 0.29) is 5.92 Å². The number of aliphatic carboxylic acids is 1. The molecule has 1 saturated carbocycles. The molecular formula is C4H5O2. The molecule has 0 unspecified atom stereocenters. The van der Waals surface area contributed by atoms with Gasteiger partial charge < -0.3 is 5.11 Å². The molecule has 6 heavy (non-hydrogen) atoms. The van der Waals surface area contributed by atoms with E-state index in [1.165, 1.54) is 0 Å². The lowest BCUT2D eigenvalue weighted by Gasteiger charge is -1.75. The molecule has 1 aliphatic rings. The van der Waals surface area contributed by atoms with Crippen molar-refractivity contribution in [3.63, 3.8) is 0 Å². The highest BCUT2D eigenvalue weighted by atomic mass is 16.4. The van der Waals surface area contributed by atoms with E-state index in [9.17, 15) is 4.79 Å². The van der Waals surface area contributed by atoms with Crippen LogP contribution in [0, 0.1) is 12.3 Å². The van der Waals surface area contributed by atoms with Gasteiger partial charge in [-0.15, -0.1) is 0 Å². The van der Waals surface area contributed by atoms with Gasteiger partial charge in [0, 0.05) is 0 Å². The highest BCUT2D eigenvalue weighted by Crippen LogP contribution is 2.26. The summed E-state index contributed by atoms with van der Waals surface area (Å²) in [6.45, 7) is 0. The molecule has 0 heterocycles. The van der Waals surface area contributed by atoms with Gasteiger partial charge in [-0.1, -0.05) is 0 Å². The maximum absolute atomic E-state index is 9.73. The van der Waals surface area contributed by atoms with Crippen LogP contribution in [0.5, 0.6) is 0 Å². The first kappa shape index (κ1) is 3.65. The van der Waals surface area contributed by atoms with Crippen molar-refractivity contribution in [3.05, 3.63) is 6.42 Å². The number of carboxylic acid groups (broad SMARTS) is 1. The van der Waals surface area contributed by atoms with E-state index < -0.39 is 5.97 Å². The summed E-state index contributed by atoms with van der Waals surface area (Å²) < 4.78 is 0. The summed E-state index contributed by atoms with van der Waals surface area (Å²) in [4.78, 5) is 9.73. The van der Waals surface area contributed by atoms with Crippen molar-refractivity contribution in [3.8, 4) is 0 Å². The third-order valence-corrected chi connectivity index (χ3v) is 0.789. The van der Waals surface area contributed by atoms with Crippen LogP contribution >= 0.6 is 0 Å². The fraction of sp³-hybridized carbons (Fsp3) is 0.500. The lowest BCUT2D eigenvalue weighted by Crippen LogP contribution is -1.94. The minimum absolute atomic E-state index is 0.106. The Labute approximate surface area is 35.8 Å². The summed E-state index contributed by atoms with van der Waals surface area (Å²) in [5.41, 5.74) is 0. The van der Waals surface area contributed by atoms with Gasteiger partial charge in [0.05, 0.1) is 5.92 Å². The van der Waals surface area contributed by atoms with Crippen molar-refractivity contribution in [2.45, 2.75) is 6.42 Å². The molecule has 2 nitrogen and oxygen atoms in total. The Bertz CT molecular complexity index is 73.6. The SMILES string of the molecule is O=C(O)[C@@H]1[CH]C1. The topological polar surface area (TPSA) is 37.3 Å². The predicted octanol–water partition coefficient (Wildman–Crippen LogP) is 0.295. The van der Waals surface area contributed by atoms with E-state index in [0.717, 1.165) is 6.42 Å². The van der Waals surface area contributed by atoms with Gasteiger partial charge >= 0.3 is 5.97 Å². The molecule has 1 rings (SSSR count). The van der Waals surface area contributed by atoms with Gasteiger partial charge in [0.2, 0.25) is 0 Å². The zero-order valence-corrected chi connectivity index (χ0v) is 3.22. The highest BCUT2D eigenvalue weighted by molar-refractivity contribution is 5.75. The highest BCUT2D eigenvalue weighted by Gasteiger charge is 2.29. The standard InChI is InChI=1S/C4H5O2/c5-4(6)3-1-2-3/h1,3H,2H2,(H,5,6)/t3-/m1/s1. The smallest absolute Gasteiger partial charge is 0.306 e. The van der Waals surface area contributed by atoms with Crippen LogP contribution in [0.3, 0.4) is 0 Å². The molecule has 0 spiro atoms. The van der Waals surface area contributed by atoms with Crippen molar-refractivity contribution in [1.29, 1.82) is 0 Å². The van der Waals surface area contributed by atoms with E-state index >= 15 is 0 Å². The Balaban J connectivity index is 2.31. The summed E-state index contributed by atoms with van der Waals surface area (Å²) in [6.07, 6.45) is 2.54. The van der Waals surface area contributed by atoms with Crippen molar-refractivity contribution in [2.75, 3.05) is 0 Å². The van der Waals surface area contributed by atoms with Gasteiger partial charge in [-0.05, 0) is 12.8 Å². The molecule has 33 valence electrons. The molecule has 0 bridgehead atoms. The van der Waals surface area contributed by atoms with E-state index in [2.05, 4.69) is 0 Å². The van der Waals surface area contributed by atoms with Gasteiger partial charge in [-0.3, -0.25) is 4.79 Å². The molecule has 2 heteroatoms. The zero-order valence-electron chi connectivity index (χ0n) is 3.22. The van der Waals surface area contributed by atoms with Crippen LogP contribution in [0.4, 0.5) is 0 Å². The summed E-state index contributed by atoms with van der Waals surface area (Å²) in [7, 11) is 0. The summed E-state index contributed by atoms with van der Waals surface area (Å²) in [6, 6.07) is 0. The fourth-order valence-electron chi connectivity index (χ4n) is 0.270. The van der Waals surface area contributed by atoms with E-state index in [1.807, 2.05) is 0 Å². The van der Waals surface area contributed by atoms with E-state index in [4.69, 9.17) is 5.11 Å². The molecular weight excluding hydrogens is 80.0 g/mol. The molecule has 0 saturated heterocycles. The molecule has 1 atom stereocenters. The molecule has 1 aliphatic carbocycles. The van der Waals surface area contributed by atoms with Crippen molar-refractivity contribution < 1.29 is 9.90 Å². The number of rotatable bonds is 1.